The lowest BCUT2D eigenvalue weighted by Gasteiger charge is -2.28. The van der Waals surface area contributed by atoms with Gasteiger partial charge in [-0.05, 0) is 109 Å². The molecule has 1 aliphatic rings. The highest BCUT2D eigenvalue weighted by Gasteiger charge is 2.37. The highest BCUT2D eigenvalue weighted by molar-refractivity contribution is 6.00. The molecule has 0 fully saturated rings. The van der Waals surface area contributed by atoms with Crippen molar-refractivity contribution in [1.82, 2.24) is 0 Å². The Morgan fingerprint density at radius 1 is 0.360 bits per heavy atom. The number of fused-ring (bicyclic) bond motifs is 5. The van der Waals surface area contributed by atoms with Crippen molar-refractivity contribution < 1.29 is 0 Å². The number of nitrogens with zero attached hydrogens (tertiary/aromatic N) is 1. The molecule has 0 radical (unpaired) electrons. The summed E-state index contributed by atoms with van der Waals surface area (Å²) < 4.78 is 0. The Kier molecular flexibility index (Phi) is 7.21. The Bertz CT molecular complexity index is 2380. The minimum absolute atomic E-state index is 0.141. The van der Waals surface area contributed by atoms with Crippen LogP contribution >= 0.6 is 0 Å². The van der Waals surface area contributed by atoms with E-state index >= 15 is 0 Å². The molecular weight excluding hydrogens is 603 g/mol. The lowest BCUT2D eigenvalue weighted by atomic mass is 9.80. The third-order valence-electron chi connectivity index (χ3n) is 10.4. The predicted molar refractivity (Wildman–Crippen MR) is 213 cm³/mol. The first-order valence-corrected chi connectivity index (χ1v) is 17.4. The zero-order valence-electron chi connectivity index (χ0n) is 28.3. The van der Waals surface area contributed by atoms with Gasteiger partial charge in [0.2, 0.25) is 0 Å². The predicted octanol–water partition coefficient (Wildman–Crippen LogP) is 13.6. The van der Waals surface area contributed by atoms with Crippen molar-refractivity contribution in [2.45, 2.75) is 19.3 Å². The molecule has 8 aromatic carbocycles. The second-order valence-corrected chi connectivity index (χ2v) is 13.8. The zero-order valence-corrected chi connectivity index (χ0v) is 28.3. The van der Waals surface area contributed by atoms with Gasteiger partial charge in [0.15, 0.2) is 0 Å². The lowest BCUT2D eigenvalue weighted by molar-refractivity contribution is 0.666. The van der Waals surface area contributed by atoms with Crippen molar-refractivity contribution in [3.63, 3.8) is 0 Å². The molecule has 50 heavy (non-hydrogen) atoms. The monoisotopic (exact) mass is 639 g/mol. The van der Waals surface area contributed by atoms with E-state index in [-0.39, 0.29) is 5.41 Å². The van der Waals surface area contributed by atoms with Crippen molar-refractivity contribution in [2.24, 2.45) is 0 Å². The first-order valence-electron chi connectivity index (χ1n) is 17.4. The fourth-order valence-corrected chi connectivity index (χ4v) is 7.92. The van der Waals surface area contributed by atoms with Crippen molar-refractivity contribution in [1.29, 1.82) is 0 Å². The van der Waals surface area contributed by atoms with Gasteiger partial charge in [0, 0.05) is 22.5 Å². The first kappa shape index (κ1) is 29.9. The average Bonchev–Trinajstić information content (AvgIpc) is 3.42. The van der Waals surface area contributed by atoms with Gasteiger partial charge in [-0.25, -0.2) is 0 Å². The Hall–Kier alpha value is -6.18. The maximum Gasteiger partial charge on any atom is 0.0468 e. The normalized spacial score (nSPS) is 12.8. The van der Waals surface area contributed by atoms with Crippen LogP contribution in [0.15, 0.2) is 188 Å². The molecule has 0 bridgehead atoms. The molecule has 8 aromatic rings. The van der Waals surface area contributed by atoms with E-state index in [1.807, 2.05) is 0 Å². The highest BCUT2D eigenvalue weighted by atomic mass is 15.1. The summed E-state index contributed by atoms with van der Waals surface area (Å²) in [7, 11) is 0. The van der Waals surface area contributed by atoms with E-state index in [0.717, 1.165) is 17.1 Å². The largest absolute Gasteiger partial charge is 0.310 e. The summed E-state index contributed by atoms with van der Waals surface area (Å²) in [6.07, 6.45) is 0. The highest BCUT2D eigenvalue weighted by Crippen LogP contribution is 2.53. The SMILES string of the molecule is CC1(C)c2ccc(-c3ccccc3)cc2-c2ccc3ccc(N(c4ccc(-c5ccccc5)cc4)c4ccc(-c5ccccc5)cc4)cc3c21. The molecule has 0 N–H and O–H groups in total. The third kappa shape index (κ3) is 5.11. The van der Waals surface area contributed by atoms with Crippen LogP contribution in [0.5, 0.6) is 0 Å². The van der Waals surface area contributed by atoms with Crippen LogP contribution in [-0.2, 0) is 5.41 Å². The molecule has 1 nitrogen and oxygen atoms in total. The fourth-order valence-electron chi connectivity index (χ4n) is 7.92. The smallest absolute Gasteiger partial charge is 0.0468 e. The molecule has 0 amide bonds. The number of rotatable bonds is 6. The van der Waals surface area contributed by atoms with Gasteiger partial charge in [-0.3, -0.25) is 0 Å². The van der Waals surface area contributed by atoms with Gasteiger partial charge in [-0.1, -0.05) is 159 Å². The van der Waals surface area contributed by atoms with E-state index in [1.165, 1.54) is 66.4 Å². The minimum atomic E-state index is -0.141. The number of anilines is 3. The van der Waals surface area contributed by atoms with Crippen molar-refractivity contribution in [3.8, 4) is 44.5 Å². The van der Waals surface area contributed by atoms with Crippen LogP contribution in [0.2, 0.25) is 0 Å². The standard InChI is InChI=1S/C49H37N/c1-49(2)47-31-24-40(36-16-10-5-11-17-36)32-46(47)44-30-23-39-22-29-43(33-45(39)48(44)49)50(41-25-18-37(19-26-41)34-12-6-3-7-13-34)42-27-20-38(21-28-42)35-14-8-4-9-15-35/h3-33H,1-2H3. The van der Waals surface area contributed by atoms with Gasteiger partial charge in [0.05, 0.1) is 0 Å². The van der Waals surface area contributed by atoms with Crippen molar-refractivity contribution in [2.75, 3.05) is 4.90 Å². The maximum absolute atomic E-state index is 2.41. The van der Waals surface area contributed by atoms with Crippen LogP contribution < -0.4 is 4.90 Å². The van der Waals surface area contributed by atoms with Gasteiger partial charge in [-0.15, -0.1) is 0 Å². The van der Waals surface area contributed by atoms with Crippen LogP contribution in [0.4, 0.5) is 17.1 Å². The quantitative estimate of drug-likeness (QED) is 0.175. The van der Waals surface area contributed by atoms with Gasteiger partial charge in [0.1, 0.15) is 0 Å². The van der Waals surface area contributed by atoms with Gasteiger partial charge in [0.25, 0.3) is 0 Å². The molecule has 9 rings (SSSR count). The molecule has 238 valence electrons. The van der Waals surface area contributed by atoms with Crippen molar-refractivity contribution >= 4 is 27.8 Å². The zero-order chi connectivity index (χ0) is 33.7. The number of hydrogen-bond acceptors (Lipinski definition) is 1. The number of benzene rings is 8. The molecule has 0 aliphatic heterocycles. The first-order chi connectivity index (χ1) is 24.5. The summed E-state index contributed by atoms with van der Waals surface area (Å²) >= 11 is 0. The van der Waals surface area contributed by atoms with E-state index in [1.54, 1.807) is 0 Å². The van der Waals surface area contributed by atoms with Crippen molar-refractivity contribution in [3.05, 3.63) is 199 Å². The van der Waals surface area contributed by atoms with Gasteiger partial charge in [-0.2, -0.15) is 0 Å². The Balaban J connectivity index is 1.19. The van der Waals surface area contributed by atoms with Crippen LogP contribution in [0.3, 0.4) is 0 Å². The second-order valence-electron chi connectivity index (χ2n) is 13.8. The molecule has 0 unspecified atom stereocenters. The van der Waals surface area contributed by atoms with E-state index in [2.05, 4.69) is 207 Å². The van der Waals surface area contributed by atoms with Gasteiger partial charge < -0.3 is 4.90 Å². The summed E-state index contributed by atoms with van der Waals surface area (Å²) in [4.78, 5) is 2.39. The van der Waals surface area contributed by atoms with Crippen LogP contribution in [0, 0.1) is 0 Å². The molecule has 0 atom stereocenters. The summed E-state index contributed by atoms with van der Waals surface area (Å²) in [6.45, 7) is 4.77. The Labute approximate surface area is 294 Å². The fraction of sp³-hybridized carbons (Fsp3) is 0.0612. The number of hydrogen-bond donors (Lipinski definition) is 0. The molecule has 0 saturated carbocycles. The van der Waals surface area contributed by atoms with Crippen LogP contribution in [0.25, 0.3) is 55.3 Å². The summed E-state index contributed by atoms with van der Waals surface area (Å²) in [5.74, 6) is 0. The lowest BCUT2D eigenvalue weighted by Crippen LogP contribution is -2.16. The van der Waals surface area contributed by atoms with E-state index in [4.69, 9.17) is 0 Å². The van der Waals surface area contributed by atoms with E-state index < -0.39 is 0 Å². The second kappa shape index (κ2) is 12.1. The van der Waals surface area contributed by atoms with Crippen LogP contribution in [0.1, 0.15) is 25.0 Å². The van der Waals surface area contributed by atoms with E-state index in [0.29, 0.717) is 0 Å². The Morgan fingerprint density at radius 3 is 1.34 bits per heavy atom. The summed E-state index contributed by atoms with van der Waals surface area (Å²) in [5, 5.41) is 2.56. The molecule has 1 heteroatoms. The third-order valence-corrected chi connectivity index (χ3v) is 10.4. The molecule has 0 aromatic heterocycles. The molecule has 0 saturated heterocycles. The average molecular weight is 640 g/mol. The molecule has 0 spiro atoms. The topological polar surface area (TPSA) is 3.24 Å². The van der Waals surface area contributed by atoms with E-state index in [9.17, 15) is 0 Å². The summed E-state index contributed by atoms with van der Waals surface area (Å²) in [6, 6.07) is 68.5. The summed E-state index contributed by atoms with van der Waals surface area (Å²) in [5.41, 5.74) is 16.1. The molecule has 0 heterocycles. The van der Waals surface area contributed by atoms with Gasteiger partial charge >= 0.3 is 0 Å². The molecular formula is C49H37N. The maximum atomic E-state index is 2.41. The Morgan fingerprint density at radius 2 is 0.800 bits per heavy atom. The molecule has 1 aliphatic carbocycles. The minimum Gasteiger partial charge on any atom is -0.310 e. The van der Waals surface area contributed by atoms with Crippen LogP contribution in [-0.4, -0.2) is 0 Å².